The highest BCUT2D eigenvalue weighted by molar-refractivity contribution is 5.85. The minimum Gasteiger partial charge on any atom is -0.426 e. The van der Waals surface area contributed by atoms with E-state index in [1.807, 2.05) is 31.2 Å². The van der Waals surface area contributed by atoms with Crippen molar-refractivity contribution in [3.63, 3.8) is 0 Å². The fourth-order valence-corrected chi connectivity index (χ4v) is 4.75. The Bertz CT molecular complexity index is 576. The predicted octanol–water partition coefficient (Wildman–Crippen LogP) is 3.83. The van der Waals surface area contributed by atoms with E-state index >= 15 is 0 Å². The van der Waals surface area contributed by atoms with Crippen LogP contribution in [0.25, 0.3) is 0 Å². The van der Waals surface area contributed by atoms with Crippen molar-refractivity contribution in [1.82, 2.24) is 4.90 Å². The largest absolute Gasteiger partial charge is 0.426 e. The van der Waals surface area contributed by atoms with Gasteiger partial charge in [-0.15, -0.1) is 12.4 Å². The molecule has 23 heavy (non-hydrogen) atoms. The minimum absolute atomic E-state index is 0. The Morgan fingerprint density at radius 3 is 2.43 bits per heavy atom. The molecular weight excluding hydrogens is 310 g/mol. The van der Waals surface area contributed by atoms with Gasteiger partial charge in [-0.3, -0.25) is 4.79 Å². The monoisotopic (exact) mass is 335 g/mol. The Morgan fingerprint density at radius 2 is 1.91 bits per heavy atom. The van der Waals surface area contributed by atoms with Crippen LogP contribution < -0.4 is 4.74 Å². The van der Waals surface area contributed by atoms with E-state index in [2.05, 4.69) is 4.90 Å². The molecule has 0 aromatic heterocycles. The Hall–Kier alpha value is -1.06. The number of carbonyl (C=O) groups is 1. The second kappa shape index (κ2) is 6.45. The van der Waals surface area contributed by atoms with Gasteiger partial charge in [0.05, 0.1) is 5.41 Å². The lowest BCUT2D eigenvalue weighted by Crippen LogP contribution is -2.58. The van der Waals surface area contributed by atoms with Crippen molar-refractivity contribution >= 4 is 18.4 Å². The SMILES string of the molecule is Cc1ccccc1OC(=O)C1(C2CN3CCC2CC3)CCC1.Cl. The number of piperidine rings is 3. The summed E-state index contributed by atoms with van der Waals surface area (Å²) in [5, 5.41) is 0. The van der Waals surface area contributed by atoms with Crippen LogP contribution in [0.5, 0.6) is 5.75 Å². The molecule has 0 spiro atoms. The molecule has 2 bridgehead atoms. The quantitative estimate of drug-likeness (QED) is 0.621. The number of nitrogens with zero attached hydrogens (tertiary/aromatic N) is 1. The van der Waals surface area contributed by atoms with Crippen molar-refractivity contribution in [3.8, 4) is 5.75 Å². The average molecular weight is 336 g/mol. The maximum absolute atomic E-state index is 13.0. The molecule has 1 aromatic carbocycles. The zero-order valence-electron chi connectivity index (χ0n) is 13.8. The zero-order valence-corrected chi connectivity index (χ0v) is 14.6. The summed E-state index contributed by atoms with van der Waals surface area (Å²) in [6.07, 6.45) is 5.75. The van der Waals surface area contributed by atoms with Gasteiger partial charge in [0.25, 0.3) is 0 Å². The number of hydrogen-bond acceptors (Lipinski definition) is 3. The summed E-state index contributed by atoms with van der Waals surface area (Å²) < 4.78 is 5.86. The highest BCUT2D eigenvalue weighted by Crippen LogP contribution is 2.54. The number of para-hydroxylation sites is 1. The van der Waals surface area contributed by atoms with E-state index in [9.17, 15) is 4.79 Å². The summed E-state index contributed by atoms with van der Waals surface area (Å²) in [4.78, 5) is 15.6. The maximum atomic E-state index is 13.0. The van der Waals surface area contributed by atoms with Crippen LogP contribution in [0, 0.1) is 24.2 Å². The summed E-state index contributed by atoms with van der Waals surface area (Å²) in [6.45, 7) is 5.56. The van der Waals surface area contributed by atoms with Crippen LogP contribution in [0.1, 0.15) is 37.7 Å². The average Bonchev–Trinajstić information content (AvgIpc) is 2.50. The van der Waals surface area contributed by atoms with Gasteiger partial charge in [-0.2, -0.15) is 0 Å². The molecule has 0 amide bonds. The molecule has 5 rings (SSSR count). The van der Waals surface area contributed by atoms with Gasteiger partial charge in [0.15, 0.2) is 0 Å². The Labute approximate surface area is 144 Å². The molecule has 3 nitrogen and oxygen atoms in total. The van der Waals surface area contributed by atoms with Crippen molar-refractivity contribution in [2.75, 3.05) is 19.6 Å². The number of fused-ring (bicyclic) bond motifs is 3. The summed E-state index contributed by atoms with van der Waals surface area (Å²) >= 11 is 0. The van der Waals surface area contributed by atoms with Crippen molar-refractivity contribution in [3.05, 3.63) is 29.8 Å². The normalized spacial score (nSPS) is 30.9. The molecule has 3 aliphatic heterocycles. The van der Waals surface area contributed by atoms with E-state index in [1.165, 1.54) is 32.4 Å². The van der Waals surface area contributed by atoms with Gasteiger partial charge in [-0.25, -0.2) is 0 Å². The number of benzene rings is 1. The Kier molecular flexibility index (Phi) is 4.70. The fourth-order valence-electron chi connectivity index (χ4n) is 4.75. The van der Waals surface area contributed by atoms with E-state index in [0.29, 0.717) is 5.92 Å². The van der Waals surface area contributed by atoms with Crippen LogP contribution in [0.4, 0.5) is 0 Å². The van der Waals surface area contributed by atoms with Gasteiger partial charge < -0.3 is 9.64 Å². The molecule has 1 aliphatic carbocycles. The van der Waals surface area contributed by atoms with E-state index in [0.717, 1.165) is 36.6 Å². The molecule has 0 radical (unpaired) electrons. The third-order valence-electron chi connectivity index (χ3n) is 6.31. The predicted molar refractivity (Wildman–Crippen MR) is 93.0 cm³/mol. The first-order valence-electron chi connectivity index (χ1n) is 8.69. The van der Waals surface area contributed by atoms with Gasteiger partial charge in [-0.1, -0.05) is 24.6 Å². The van der Waals surface area contributed by atoms with Crippen molar-refractivity contribution in [2.24, 2.45) is 17.3 Å². The number of ether oxygens (including phenoxy) is 1. The highest BCUT2D eigenvalue weighted by Gasteiger charge is 2.56. The van der Waals surface area contributed by atoms with Crippen molar-refractivity contribution in [1.29, 1.82) is 0 Å². The molecular formula is C19H26ClNO2. The lowest BCUT2D eigenvalue weighted by molar-refractivity contribution is -0.165. The van der Waals surface area contributed by atoms with Crippen LogP contribution >= 0.6 is 12.4 Å². The first-order valence-corrected chi connectivity index (χ1v) is 8.69. The number of halogens is 1. The summed E-state index contributed by atoms with van der Waals surface area (Å²) in [7, 11) is 0. The van der Waals surface area contributed by atoms with Gasteiger partial charge in [-0.05, 0) is 69.2 Å². The standard InChI is InChI=1S/C19H25NO2.ClH/c1-14-5-2-3-6-17(14)22-18(21)19(9-4-10-19)16-13-20-11-7-15(16)8-12-20;/h2-3,5-6,15-16H,4,7-13H2,1H3;1H. The molecule has 126 valence electrons. The van der Waals surface area contributed by atoms with Gasteiger partial charge in [0.1, 0.15) is 5.75 Å². The molecule has 1 saturated carbocycles. The molecule has 1 unspecified atom stereocenters. The smallest absolute Gasteiger partial charge is 0.317 e. The molecule has 1 aromatic rings. The molecule has 0 N–H and O–H groups in total. The lowest BCUT2D eigenvalue weighted by atomic mass is 9.55. The third-order valence-corrected chi connectivity index (χ3v) is 6.31. The zero-order chi connectivity index (χ0) is 15.2. The second-order valence-corrected chi connectivity index (χ2v) is 7.41. The number of hydrogen-bond donors (Lipinski definition) is 0. The lowest BCUT2D eigenvalue weighted by Gasteiger charge is -2.55. The van der Waals surface area contributed by atoms with Gasteiger partial charge in [0.2, 0.25) is 0 Å². The number of aryl methyl sites for hydroxylation is 1. The molecule has 3 heterocycles. The fraction of sp³-hybridized carbons (Fsp3) is 0.632. The topological polar surface area (TPSA) is 29.5 Å². The highest BCUT2D eigenvalue weighted by atomic mass is 35.5. The van der Waals surface area contributed by atoms with Crippen LogP contribution in [-0.4, -0.2) is 30.5 Å². The van der Waals surface area contributed by atoms with Gasteiger partial charge >= 0.3 is 5.97 Å². The number of rotatable bonds is 3. The molecule has 4 fully saturated rings. The van der Waals surface area contributed by atoms with Crippen LogP contribution in [-0.2, 0) is 4.79 Å². The molecule has 3 saturated heterocycles. The first kappa shape index (κ1) is 16.8. The summed E-state index contributed by atoms with van der Waals surface area (Å²) in [5.74, 6) is 2.02. The molecule has 4 aliphatic rings. The third kappa shape index (κ3) is 2.78. The van der Waals surface area contributed by atoms with Gasteiger partial charge in [0, 0.05) is 6.54 Å². The van der Waals surface area contributed by atoms with E-state index in [4.69, 9.17) is 4.74 Å². The number of carbonyl (C=O) groups excluding carboxylic acids is 1. The maximum Gasteiger partial charge on any atom is 0.317 e. The van der Waals surface area contributed by atoms with Crippen LogP contribution in [0.15, 0.2) is 24.3 Å². The Morgan fingerprint density at radius 1 is 1.22 bits per heavy atom. The van der Waals surface area contributed by atoms with E-state index < -0.39 is 0 Å². The minimum atomic E-state index is -0.202. The van der Waals surface area contributed by atoms with Crippen LogP contribution in [0.2, 0.25) is 0 Å². The van der Waals surface area contributed by atoms with E-state index in [1.54, 1.807) is 0 Å². The Balaban J connectivity index is 0.00000156. The second-order valence-electron chi connectivity index (χ2n) is 7.41. The molecule has 4 heteroatoms. The van der Waals surface area contributed by atoms with Crippen molar-refractivity contribution in [2.45, 2.75) is 39.0 Å². The summed E-state index contributed by atoms with van der Waals surface area (Å²) in [6, 6.07) is 7.84. The molecule has 1 atom stereocenters. The summed E-state index contributed by atoms with van der Waals surface area (Å²) in [5.41, 5.74) is 0.839. The van der Waals surface area contributed by atoms with E-state index in [-0.39, 0.29) is 23.8 Å². The first-order chi connectivity index (χ1) is 10.7. The van der Waals surface area contributed by atoms with Crippen LogP contribution in [0.3, 0.4) is 0 Å². The number of esters is 1. The van der Waals surface area contributed by atoms with Crippen molar-refractivity contribution < 1.29 is 9.53 Å².